The minimum atomic E-state index is -0.381. The van der Waals surface area contributed by atoms with Gasteiger partial charge in [0, 0.05) is 6.54 Å². The van der Waals surface area contributed by atoms with Crippen molar-refractivity contribution in [1.29, 1.82) is 0 Å². The molecule has 0 atom stereocenters. The highest BCUT2D eigenvalue weighted by Gasteiger charge is 2.21. The van der Waals surface area contributed by atoms with Crippen LogP contribution in [0, 0.1) is 0 Å². The summed E-state index contributed by atoms with van der Waals surface area (Å²) < 4.78 is 4.81. The van der Waals surface area contributed by atoms with Gasteiger partial charge in [-0.2, -0.15) is 0 Å². The largest absolute Gasteiger partial charge is 0.510 e. The van der Waals surface area contributed by atoms with Crippen LogP contribution in [-0.2, 0) is 9.53 Å². The molecule has 0 aromatic rings. The predicted octanol–water partition coefficient (Wildman–Crippen LogP) is -0.385. The highest BCUT2D eigenvalue weighted by Crippen LogP contribution is 2.15. The van der Waals surface area contributed by atoms with Gasteiger partial charge in [-0.3, -0.25) is 0 Å². The maximum atomic E-state index is 11.3. The third kappa shape index (κ3) is 2.49. The Balaban J connectivity index is 2.67. The number of carbonyl (C=O) groups is 1. The van der Waals surface area contributed by atoms with Gasteiger partial charge < -0.3 is 14.7 Å². The normalized spacial score (nSPS) is 18.8. The summed E-state index contributed by atoms with van der Waals surface area (Å²) >= 11 is 0. The monoisotopic (exact) mass is 183 g/mol. The standard InChI is InChI=1S/C8H14BNO3/c1-2-13-8(12)6-3-4-10(9)5-7(6)11/h11H,2-5,9H2,1H3. The van der Waals surface area contributed by atoms with E-state index in [0.29, 0.717) is 25.1 Å². The molecular formula is C8H14BNO3. The van der Waals surface area contributed by atoms with Crippen LogP contribution in [-0.4, -0.2) is 43.6 Å². The van der Waals surface area contributed by atoms with Gasteiger partial charge in [0.05, 0.1) is 12.2 Å². The van der Waals surface area contributed by atoms with E-state index in [4.69, 9.17) is 4.74 Å². The molecule has 0 amide bonds. The molecule has 0 aromatic carbocycles. The molecule has 1 aliphatic rings. The van der Waals surface area contributed by atoms with Gasteiger partial charge in [-0.25, -0.2) is 4.79 Å². The summed E-state index contributed by atoms with van der Waals surface area (Å²) in [5.41, 5.74) is 0.431. The van der Waals surface area contributed by atoms with Crippen molar-refractivity contribution >= 4 is 14.0 Å². The van der Waals surface area contributed by atoms with E-state index in [1.54, 1.807) is 6.92 Å². The van der Waals surface area contributed by atoms with Gasteiger partial charge in [0.25, 0.3) is 0 Å². The Morgan fingerprint density at radius 1 is 1.77 bits per heavy atom. The molecule has 0 fully saturated rings. The van der Waals surface area contributed by atoms with Crippen LogP contribution in [0.4, 0.5) is 0 Å². The fraction of sp³-hybridized carbons (Fsp3) is 0.625. The molecule has 0 aliphatic carbocycles. The first-order chi connectivity index (χ1) is 6.15. The van der Waals surface area contributed by atoms with Gasteiger partial charge in [-0.05, 0) is 19.9 Å². The summed E-state index contributed by atoms with van der Waals surface area (Å²) in [6, 6.07) is 0. The van der Waals surface area contributed by atoms with Gasteiger partial charge in [-0.15, -0.1) is 0 Å². The number of hydrogen-bond donors (Lipinski definition) is 1. The number of nitrogens with zero attached hydrogens (tertiary/aromatic N) is 1. The quantitative estimate of drug-likeness (QED) is 0.468. The van der Waals surface area contributed by atoms with Crippen LogP contribution in [0.2, 0.25) is 0 Å². The van der Waals surface area contributed by atoms with E-state index in [1.807, 2.05) is 12.8 Å². The van der Waals surface area contributed by atoms with Crippen molar-refractivity contribution in [2.45, 2.75) is 13.3 Å². The Bertz CT molecular complexity index is 240. The summed E-state index contributed by atoms with van der Waals surface area (Å²) in [7, 11) is 1.90. The Hall–Kier alpha value is -0.965. The first kappa shape index (κ1) is 10.1. The molecule has 5 heteroatoms. The van der Waals surface area contributed by atoms with Crippen LogP contribution in [0.1, 0.15) is 13.3 Å². The number of hydrogen-bond acceptors (Lipinski definition) is 4. The highest BCUT2D eigenvalue weighted by atomic mass is 16.5. The summed E-state index contributed by atoms with van der Waals surface area (Å²) in [6.45, 7) is 3.34. The SMILES string of the molecule is BN1CCC(C(=O)OCC)=C(O)C1. The van der Waals surface area contributed by atoms with Crippen molar-refractivity contribution in [3.63, 3.8) is 0 Å². The molecule has 0 radical (unpaired) electrons. The second-order valence-corrected chi connectivity index (χ2v) is 3.13. The number of ether oxygens (including phenoxy) is 1. The van der Waals surface area contributed by atoms with Crippen molar-refractivity contribution in [2.75, 3.05) is 19.7 Å². The van der Waals surface area contributed by atoms with E-state index < -0.39 is 0 Å². The Labute approximate surface area is 78.6 Å². The number of aliphatic hydroxyl groups excluding tert-OH is 1. The molecule has 13 heavy (non-hydrogen) atoms. The molecule has 1 aliphatic heterocycles. The Morgan fingerprint density at radius 2 is 2.46 bits per heavy atom. The molecule has 0 saturated carbocycles. The molecule has 1 N–H and O–H groups in total. The van der Waals surface area contributed by atoms with Crippen molar-refractivity contribution in [3.05, 3.63) is 11.3 Å². The fourth-order valence-corrected chi connectivity index (χ4v) is 1.32. The zero-order valence-electron chi connectivity index (χ0n) is 8.04. The zero-order chi connectivity index (χ0) is 9.84. The van der Waals surface area contributed by atoms with Crippen LogP contribution in [0.25, 0.3) is 0 Å². The maximum absolute atomic E-state index is 11.3. The lowest BCUT2D eigenvalue weighted by Crippen LogP contribution is -2.31. The number of rotatable bonds is 2. The molecule has 0 aromatic heterocycles. The summed E-state index contributed by atoms with van der Waals surface area (Å²) in [5.74, 6) is -0.236. The molecule has 0 saturated heterocycles. The first-order valence-corrected chi connectivity index (χ1v) is 4.41. The molecule has 72 valence electrons. The molecule has 1 rings (SSSR count). The van der Waals surface area contributed by atoms with E-state index in [1.165, 1.54) is 0 Å². The lowest BCUT2D eigenvalue weighted by atomic mass is 10.0. The lowest BCUT2D eigenvalue weighted by molar-refractivity contribution is -0.139. The van der Waals surface area contributed by atoms with Crippen molar-refractivity contribution in [1.82, 2.24) is 4.81 Å². The third-order valence-electron chi connectivity index (χ3n) is 2.03. The van der Waals surface area contributed by atoms with Gasteiger partial charge in [0.15, 0.2) is 7.98 Å². The molecule has 0 unspecified atom stereocenters. The van der Waals surface area contributed by atoms with E-state index in [9.17, 15) is 9.90 Å². The molecule has 0 spiro atoms. The van der Waals surface area contributed by atoms with Crippen LogP contribution >= 0.6 is 0 Å². The van der Waals surface area contributed by atoms with Gasteiger partial charge in [0.1, 0.15) is 5.76 Å². The minimum Gasteiger partial charge on any atom is -0.510 e. The van der Waals surface area contributed by atoms with E-state index in [0.717, 1.165) is 6.54 Å². The van der Waals surface area contributed by atoms with Crippen LogP contribution in [0.3, 0.4) is 0 Å². The van der Waals surface area contributed by atoms with Gasteiger partial charge >= 0.3 is 5.97 Å². The predicted molar refractivity (Wildman–Crippen MR) is 51.0 cm³/mol. The van der Waals surface area contributed by atoms with Crippen LogP contribution in [0.15, 0.2) is 11.3 Å². The van der Waals surface area contributed by atoms with Crippen LogP contribution < -0.4 is 0 Å². The topological polar surface area (TPSA) is 49.8 Å². The maximum Gasteiger partial charge on any atom is 0.337 e. The van der Waals surface area contributed by atoms with E-state index in [2.05, 4.69) is 0 Å². The Kier molecular flexibility index (Phi) is 3.36. The van der Waals surface area contributed by atoms with Crippen molar-refractivity contribution < 1.29 is 14.6 Å². The fourth-order valence-electron chi connectivity index (χ4n) is 1.32. The van der Waals surface area contributed by atoms with Crippen molar-refractivity contribution in [2.24, 2.45) is 0 Å². The van der Waals surface area contributed by atoms with Crippen LogP contribution in [0.5, 0.6) is 0 Å². The molecule has 0 bridgehead atoms. The number of aliphatic hydroxyl groups is 1. The third-order valence-corrected chi connectivity index (χ3v) is 2.03. The number of carbonyl (C=O) groups excluding carboxylic acids is 1. The highest BCUT2D eigenvalue weighted by molar-refractivity contribution is 6.04. The van der Waals surface area contributed by atoms with Crippen molar-refractivity contribution in [3.8, 4) is 0 Å². The minimum absolute atomic E-state index is 0.146. The second-order valence-electron chi connectivity index (χ2n) is 3.13. The smallest absolute Gasteiger partial charge is 0.337 e. The zero-order valence-corrected chi connectivity index (χ0v) is 8.04. The Morgan fingerprint density at radius 3 is 3.00 bits per heavy atom. The summed E-state index contributed by atoms with van der Waals surface area (Å²) in [6.07, 6.45) is 0.571. The number of esters is 1. The molecule has 4 nitrogen and oxygen atoms in total. The van der Waals surface area contributed by atoms with E-state index >= 15 is 0 Å². The lowest BCUT2D eigenvalue weighted by Gasteiger charge is -2.23. The van der Waals surface area contributed by atoms with Gasteiger partial charge in [0.2, 0.25) is 0 Å². The second kappa shape index (κ2) is 4.32. The average molecular weight is 183 g/mol. The first-order valence-electron chi connectivity index (χ1n) is 4.41. The summed E-state index contributed by atoms with van der Waals surface area (Å²) in [4.78, 5) is 13.2. The molecule has 1 heterocycles. The van der Waals surface area contributed by atoms with Gasteiger partial charge in [-0.1, -0.05) is 0 Å². The molecular weight excluding hydrogens is 169 g/mol. The summed E-state index contributed by atoms with van der Waals surface area (Å²) in [5, 5.41) is 9.47. The van der Waals surface area contributed by atoms with E-state index in [-0.39, 0.29) is 11.7 Å². The average Bonchev–Trinajstić information content (AvgIpc) is 2.04.